The summed E-state index contributed by atoms with van der Waals surface area (Å²) in [7, 11) is 0. The summed E-state index contributed by atoms with van der Waals surface area (Å²) >= 11 is 0. The van der Waals surface area contributed by atoms with Crippen LogP contribution in [0.2, 0.25) is 0 Å². The first kappa shape index (κ1) is 19.4. The summed E-state index contributed by atoms with van der Waals surface area (Å²) < 4.78 is 2.04. The van der Waals surface area contributed by atoms with Crippen molar-refractivity contribution in [3.63, 3.8) is 0 Å². The molecule has 0 spiro atoms. The first-order valence-corrected chi connectivity index (χ1v) is 9.27. The van der Waals surface area contributed by atoms with Gasteiger partial charge in [-0.15, -0.1) is 0 Å². The molecule has 0 unspecified atom stereocenters. The van der Waals surface area contributed by atoms with Gasteiger partial charge in [-0.3, -0.25) is 9.59 Å². The van der Waals surface area contributed by atoms with Crippen LogP contribution >= 0.6 is 0 Å². The average Bonchev–Trinajstić information content (AvgIpc) is 3.17. The van der Waals surface area contributed by atoms with Crippen molar-refractivity contribution in [2.45, 2.75) is 26.8 Å². The van der Waals surface area contributed by atoms with E-state index in [1.165, 1.54) is 0 Å². The van der Waals surface area contributed by atoms with Gasteiger partial charge in [0.25, 0.3) is 0 Å². The SMILES string of the molecule is Cc1ccc(NC(=O)C(=O)NCCCn2ccnc2-c2ccccc2)cc1C. The summed E-state index contributed by atoms with van der Waals surface area (Å²) in [6.07, 6.45) is 4.37. The number of amides is 2. The summed E-state index contributed by atoms with van der Waals surface area (Å²) in [6.45, 7) is 5.07. The van der Waals surface area contributed by atoms with Gasteiger partial charge in [0.15, 0.2) is 0 Å². The molecule has 144 valence electrons. The van der Waals surface area contributed by atoms with Gasteiger partial charge in [-0.05, 0) is 43.5 Å². The van der Waals surface area contributed by atoms with Crippen LogP contribution in [0.5, 0.6) is 0 Å². The fourth-order valence-corrected chi connectivity index (χ4v) is 2.88. The Morgan fingerprint density at radius 3 is 2.54 bits per heavy atom. The molecule has 28 heavy (non-hydrogen) atoms. The minimum absolute atomic E-state index is 0.408. The first-order valence-electron chi connectivity index (χ1n) is 9.27. The zero-order chi connectivity index (χ0) is 19.9. The number of benzene rings is 2. The minimum atomic E-state index is -0.657. The van der Waals surface area contributed by atoms with Gasteiger partial charge in [-0.2, -0.15) is 0 Å². The number of imidazole rings is 1. The highest BCUT2D eigenvalue weighted by molar-refractivity contribution is 6.39. The standard InChI is InChI=1S/C22H24N4O2/c1-16-9-10-19(15-17(16)2)25-22(28)21(27)24-11-6-13-26-14-12-23-20(26)18-7-4-3-5-8-18/h3-5,7-10,12,14-15H,6,11,13H2,1-2H3,(H,24,27)(H,25,28). The quantitative estimate of drug-likeness (QED) is 0.512. The van der Waals surface area contributed by atoms with Crippen molar-refractivity contribution in [3.8, 4) is 11.4 Å². The molecule has 2 N–H and O–H groups in total. The predicted molar refractivity (Wildman–Crippen MR) is 110 cm³/mol. The molecule has 3 aromatic rings. The van der Waals surface area contributed by atoms with Crippen molar-refractivity contribution in [3.05, 3.63) is 72.1 Å². The van der Waals surface area contributed by atoms with Crippen LogP contribution in [0.1, 0.15) is 17.5 Å². The number of nitrogens with zero attached hydrogens (tertiary/aromatic N) is 2. The molecule has 0 saturated heterocycles. The fourth-order valence-electron chi connectivity index (χ4n) is 2.88. The maximum absolute atomic E-state index is 12.0. The zero-order valence-corrected chi connectivity index (χ0v) is 16.1. The molecular formula is C22H24N4O2. The van der Waals surface area contributed by atoms with E-state index in [0.29, 0.717) is 25.2 Å². The second-order valence-electron chi connectivity index (χ2n) is 6.67. The molecule has 0 fully saturated rings. The maximum atomic E-state index is 12.0. The molecule has 0 bridgehead atoms. The Kier molecular flexibility index (Phi) is 6.22. The van der Waals surface area contributed by atoms with Crippen molar-refractivity contribution in [1.29, 1.82) is 0 Å². The molecule has 0 saturated carbocycles. The van der Waals surface area contributed by atoms with Crippen LogP contribution in [0.25, 0.3) is 11.4 Å². The maximum Gasteiger partial charge on any atom is 0.313 e. The number of rotatable bonds is 6. The van der Waals surface area contributed by atoms with Gasteiger partial charge in [0, 0.05) is 36.7 Å². The summed E-state index contributed by atoms with van der Waals surface area (Å²) in [6, 6.07) is 15.5. The lowest BCUT2D eigenvalue weighted by Crippen LogP contribution is -2.36. The topological polar surface area (TPSA) is 76.0 Å². The molecule has 0 atom stereocenters. The Labute approximate surface area is 164 Å². The van der Waals surface area contributed by atoms with Crippen molar-refractivity contribution in [1.82, 2.24) is 14.9 Å². The lowest BCUT2D eigenvalue weighted by molar-refractivity contribution is -0.136. The average molecular weight is 376 g/mol. The van der Waals surface area contributed by atoms with Gasteiger partial charge in [-0.25, -0.2) is 4.98 Å². The summed E-state index contributed by atoms with van der Waals surface area (Å²) in [4.78, 5) is 28.4. The van der Waals surface area contributed by atoms with E-state index in [9.17, 15) is 9.59 Å². The Hall–Kier alpha value is -3.41. The molecule has 0 aliphatic rings. The molecule has 1 aromatic heterocycles. The zero-order valence-electron chi connectivity index (χ0n) is 16.1. The van der Waals surface area contributed by atoms with Crippen LogP contribution in [0.3, 0.4) is 0 Å². The van der Waals surface area contributed by atoms with E-state index in [4.69, 9.17) is 0 Å². The van der Waals surface area contributed by atoms with E-state index in [1.54, 1.807) is 12.3 Å². The highest BCUT2D eigenvalue weighted by atomic mass is 16.2. The third kappa shape index (κ3) is 4.85. The van der Waals surface area contributed by atoms with Crippen molar-refractivity contribution >= 4 is 17.5 Å². The van der Waals surface area contributed by atoms with Crippen molar-refractivity contribution in [2.75, 3.05) is 11.9 Å². The van der Waals surface area contributed by atoms with Crippen LogP contribution in [0, 0.1) is 13.8 Å². The van der Waals surface area contributed by atoms with Crippen LogP contribution < -0.4 is 10.6 Å². The van der Waals surface area contributed by atoms with Gasteiger partial charge in [0.2, 0.25) is 0 Å². The van der Waals surface area contributed by atoms with Crippen LogP contribution in [-0.4, -0.2) is 27.9 Å². The van der Waals surface area contributed by atoms with Gasteiger partial charge in [-0.1, -0.05) is 36.4 Å². The molecule has 0 radical (unpaired) electrons. The first-order chi connectivity index (χ1) is 13.5. The minimum Gasteiger partial charge on any atom is -0.348 e. The number of aromatic nitrogens is 2. The third-order valence-electron chi connectivity index (χ3n) is 4.58. The third-order valence-corrected chi connectivity index (χ3v) is 4.58. The summed E-state index contributed by atoms with van der Waals surface area (Å²) in [5.74, 6) is -0.401. The predicted octanol–water partition coefficient (Wildman–Crippen LogP) is 3.31. The lowest BCUT2D eigenvalue weighted by atomic mass is 10.1. The van der Waals surface area contributed by atoms with Gasteiger partial charge in [0.05, 0.1) is 0 Å². The molecule has 1 heterocycles. The van der Waals surface area contributed by atoms with Gasteiger partial charge < -0.3 is 15.2 Å². The smallest absolute Gasteiger partial charge is 0.313 e. The monoisotopic (exact) mass is 376 g/mol. The van der Waals surface area contributed by atoms with Crippen molar-refractivity contribution in [2.24, 2.45) is 0 Å². The van der Waals surface area contributed by atoms with Gasteiger partial charge >= 0.3 is 11.8 Å². The number of anilines is 1. The molecule has 6 heteroatoms. The van der Waals surface area contributed by atoms with E-state index < -0.39 is 11.8 Å². The second-order valence-corrected chi connectivity index (χ2v) is 6.67. The molecule has 6 nitrogen and oxygen atoms in total. The number of hydrogen-bond donors (Lipinski definition) is 2. The van der Waals surface area contributed by atoms with E-state index >= 15 is 0 Å². The Bertz CT molecular complexity index is 964. The largest absolute Gasteiger partial charge is 0.348 e. The van der Waals surface area contributed by atoms with E-state index in [-0.39, 0.29) is 0 Å². The number of carbonyl (C=O) groups excluding carboxylic acids is 2. The van der Waals surface area contributed by atoms with Crippen LogP contribution in [-0.2, 0) is 16.1 Å². The van der Waals surface area contributed by atoms with Gasteiger partial charge in [0.1, 0.15) is 5.82 Å². The van der Waals surface area contributed by atoms with E-state index in [2.05, 4.69) is 15.6 Å². The summed E-state index contributed by atoms with van der Waals surface area (Å²) in [5, 5.41) is 5.29. The number of aryl methyl sites for hydroxylation is 3. The Morgan fingerprint density at radius 2 is 1.79 bits per heavy atom. The molecule has 0 aliphatic carbocycles. The second kappa shape index (κ2) is 8.99. The summed E-state index contributed by atoms with van der Waals surface area (Å²) in [5.41, 5.74) is 3.86. The normalized spacial score (nSPS) is 10.5. The number of carbonyl (C=O) groups is 2. The van der Waals surface area contributed by atoms with E-state index in [0.717, 1.165) is 22.5 Å². The van der Waals surface area contributed by atoms with Crippen molar-refractivity contribution < 1.29 is 9.59 Å². The molecule has 2 amide bonds. The molecule has 2 aromatic carbocycles. The highest BCUT2D eigenvalue weighted by Crippen LogP contribution is 2.17. The Balaban J connectivity index is 1.46. The Morgan fingerprint density at radius 1 is 1.00 bits per heavy atom. The van der Waals surface area contributed by atoms with Crippen LogP contribution in [0.15, 0.2) is 60.9 Å². The number of nitrogens with one attached hydrogen (secondary N) is 2. The highest BCUT2D eigenvalue weighted by Gasteiger charge is 2.13. The number of hydrogen-bond acceptors (Lipinski definition) is 3. The molecular weight excluding hydrogens is 352 g/mol. The van der Waals surface area contributed by atoms with Crippen LogP contribution in [0.4, 0.5) is 5.69 Å². The molecule has 3 rings (SSSR count). The van der Waals surface area contributed by atoms with E-state index in [1.807, 2.05) is 67.1 Å². The fraction of sp³-hybridized carbons (Fsp3) is 0.227. The molecule has 0 aliphatic heterocycles. The lowest BCUT2D eigenvalue weighted by Gasteiger charge is -2.10.